The molecule has 1 amide bonds. The lowest BCUT2D eigenvalue weighted by Gasteiger charge is -2.27. The predicted octanol–water partition coefficient (Wildman–Crippen LogP) is 2.29. The van der Waals surface area contributed by atoms with Crippen LogP contribution in [0, 0.1) is 13.8 Å². The van der Waals surface area contributed by atoms with E-state index in [2.05, 4.69) is 9.97 Å². The Bertz CT molecular complexity index is 905. The summed E-state index contributed by atoms with van der Waals surface area (Å²) < 4.78 is 0. The third-order valence-corrected chi connectivity index (χ3v) is 5.52. The Morgan fingerprint density at radius 3 is 2.67 bits per heavy atom. The molecule has 0 fully saturated rings. The molecule has 2 aromatic rings. The highest BCUT2D eigenvalue weighted by molar-refractivity contribution is 7.14. The molecule has 0 aliphatic carbocycles. The van der Waals surface area contributed by atoms with Gasteiger partial charge in [-0.25, -0.2) is 4.98 Å². The van der Waals surface area contributed by atoms with E-state index in [0.29, 0.717) is 29.2 Å². The molecule has 0 aromatic carbocycles. The topological polar surface area (TPSA) is 86.6 Å². The summed E-state index contributed by atoms with van der Waals surface area (Å²) in [5.74, 6) is -1.38. The number of nitrogens with zero attached hydrogens (tertiary/aromatic N) is 4. The van der Waals surface area contributed by atoms with Crippen molar-refractivity contribution in [2.24, 2.45) is 0 Å². The molecule has 1 atom stereocenters. The molecule has 0 spiro atoms. The van der Waals surface area contributed by atoms with Crippen LogP contribution in [0.1, 0.15) is 32.0 Å². The van der Waals surface area contributed by atoms with Crippen molar-refractivity contribution in [3.05, 3.63) is 57.0 Å². The molecular weight excluding hydrogens is 364 g/mol. The van der Waals surface area contributed by atoms with Crippen molar-refractivity contribution in [1.29, 1.82) is 0 Å². The molecule has 0 bridgehead atoms. The Balaban J connectivity index is 2.07. The summed E-state index contributed by atoms with van der Waals surface area (Å²) in [6.45, 7) is 4.57. The second-order valence-electron chi connectivity index (χ2n) is 6.73. The minimum atomic E-state index is -0.666. The first-order chi connectivity index (χ1) is 12.8. The lowest BCUT2D eigenvalue weighted by atomic mass is 9.96. The molecule has 0 saturated carbocycles. The first-order valence-corrected chi connectivity index (χ1v) is 9.40. The van der Waals surface area contributed by atoms with E-state index in [4.69, 9.17) is 0 Å². The van der Waals surface area contributed by atoms with Crippen molar-refractivity contribution < 1.29 is 14.7 Å². The van der Waals surface area contributed by atoms with Gasteiger partial charge >= 0.3 is 0 Å². The molecule has 2 aromatic heterocycles. The van der Waals surface area contributed by atoms with Crippen LogP contribution in [0.5, 0.6) is 0 Å². The van der Waals surface area contributed by atoms with E-state index in [0.717, 1.165) is 5.01 Å². The van der Waals surface area contributed by atoms with Gasteiger partial charge in [-0.1, -0.05) is 6.07 Å². The van der Waals surface area contributed by atoms with Crippen molar-refractivity contribution >= 4 is 23.0 Å². The number of aryl methyl sites for hydroxylation is 2. The van der Waals surface area contributed by atoms with Crippen LogP contribution in [0.4, 0.5) is 0 Å². The average molecular weight is 386 g/mol. The Hall–Kier alpha value is -2.58. The molecule has 1 aliphatic rings. The Morgan fingerprint density at radius 2 is 2.11 bits per heavy atom. The number of rotatable bonds is 6. The van der Waals surface area contributed by atoms with Gasteiger partial charge in [-0.05, 0) is 39.6 Å². The van der Waals surface area contributed by atoms with Gasteiger partial charge in [0.25, 0.3) is 5.91 Å². The lowest BCUT2D eigenvalue weighted by molar-refractivity contribution is -0.129. The zero-order valence-electron chi connectivity index (χ0n) is 15.8. The van der Waals surface area contributed by atoms with Crippen molar-refractivity contribution in [3.63, 3.8) is 0 Å². The third kappa shape index (κ3) is 3.63. The van der Waals surface area contributed by atoms with Crippen LogP contribution in [-0.2, 0) is 4.79 Å². The van der Waals surface area contributed by atoms with Crippen LogP contribution in [0.3, 0.4) is 0 Å². The van der Waals surface area contributed by atoms with Crippen LogP contribution in [-0.4, -0.2) is 63.7 Å². The van der Waals surface area contributed by atoms with Crippen LogP contribution < -0.4 is 0 Å². The Labute approximate surface area is 162 Å². The average Bonchev–Trinajstić information content (AvgIpc) is 3.10. The molecule has 0 unspecified atom stereocenters. The maximum Gasteiger partial charge on any atom is 0.290 e. The number of carbonyl (C=O) groups excluding carboxylic acids is 2. The smallest absolute Gasteiger partial charge is 0.290 e. The molecule has 142 valence electrons. The number of aliphatic hydroxyl groups excluding tert-OH is 1. The highest BCUT2D eigenvalue weighted by Crippen LogP contribution is 2.39. The summed E-state index contributed by atoms with van der Waals surface area (Å²) >= 11 is 1.27. The van der Waals surface area contributed by atoms with E-state index in [-0.39, 0.29) is 11.4 Å². The SMILES string of the molecule is Cc1nc(C)c(C(=O)C2=C(O)C(=O)N(CCN(C)C)[C@@H]2c2cccnc2)s1. The van der Waals surface area contributed by atoms with E-state index in [1.807, 2.05) is 32.0 Å². The normalized spacial score (nSPS) is 17.3. The molecule has 3 rings (SSSR count). The lowest BCUT2D eigenvalue weighted by Crippen LogP contribution is -2.36. The largest absolute Gasteiger partial charge is 0.503 e. The summed E-state index contributed by atoms with van der Waals surface area (Å²) in [4.78, 5) is 38.3. The second-order valence-corrected chi connectivity index (χ2v) is 7.93. The van der Waals surface area contributed by atoms with Crippen molar-refractivity contribution in [2.75, 3.05) is 27.2 Å². The van der Waals surface area contributed by atoms with E-state index >= 15 is 0 Å². The van der Waals surface area contributed by atoms with E-state index in [9.17, 15) is 14.7 Å². The van der Waals surface area contributed by atoms with Crippen molar-refractivity contribution in [2.45, 2.75) is 19.9 Å². The molecular formula is C19H22N4O3S. The monoisotopic (exact) mass is 386 g/mol. The van der Waals surface area contributed by atoms with E-state index in [1.54, 1.807) is 25.4 Å². The minimum Gasteiger partial charge on any atom is -0.503 e. The number of carbonyl (C=O) groups is 2. The highest BCUT2D eigenvalue weighted by Gasteiger charge is 2.44. The zero-order valence-corrected chi connectivity index (χ0v) is 16.6. The summed E-state index contributed by atoms with van der Waals surface area (Å²) in [6, 6.07) is 2.90. The molecule has 1 aliphatic heterocycles. The first-order valence-electron chi connectivity index (χ1n) is 8.58. The molecule has 27 heavy (non-hydrogen) atoms. The van der Waals surface area contributed by atoms with Gasteiger partial charge in [-0.3, -0.25) is 14.6 Å². The summed E-state index contributed by atoms with van der Waals surface area (Å²) in [5, 5.41) is 11.3. The number of ketones is 1. The molecule has 1 N–H and O–H groups in total. The highest BCUT2D eigenvalue weighted by atomic mass is 32.1. The third-order valence-electron chi connectivity index (χ3n) is 4.45. The van der Waals surface area contributed by atoms with Crippen LogP contribution in [0.25, 0.3) is 0 Å². The van der Waals surface area contributed by atoms with E-state index in [1.165, 1.54) is 16.2 Å². The number of hydrogen-bond donors (Lipinski definition) is 1. The van der Waals surface area contributed by atoms with Gasteiger partial charge in [0.2, 0.25) is 5.78 Å². The Kier molecular flexibility index (Phi) is 5.38. The maximum absolute atomic E-state index is 13.2. The molecule has 0 saturated heterocycles. The fourth-order valence-corrected chi connectivity index (χ4v) is 4.05. The fraction of sp³-hybridized carbons (Fsp3) is 0.368. The van der Waals surface area contributed by atoms with Gasteiger partial charge in [0.05, 0.1) is 27.2 Å². The molecule has 3 heterocycles. The second kappa shape index (κ2) is 7.58. The molecule has 8 heteroatoms. The van der Waals surface area contributed by atoms with Gasteiger partial charge < -0.3 is 14.9 Å². The van der Waals surface area contributed by atoms with Gasteiger partial charge in [0.1, 0.15) is 0 Å². The number of hydrogen-bond acceptors (Lipinski definition) is 7. The van der Waals surface area contributed by atoms with E-state index < -0.39 is 17.7 Å². The molecule has 7 nitrogen and oxygen atoms in total. The number of likely N-dealkylation sites (N-methyl/N-ethyl adjacent to an activating group) is 1. The number of aromatic nitrogens is 2. The summed E-state index contributed by atoms with van der Waals surface area (Å²) in [5.41, 5.74) is 1.39. The van der Waals surface area contributed by atoms with Crippen LogP contribution >= 0.6 is 11.3 Å². The van der Waals surface area contributed by atoms with Crippen LogP contribution in [0.2, 0.25) is 0 Å². The van der Waals surface area contributed by atoms with Gasteiger partial charge in [0.15, 0.2) is 5.76 Å². The van der Waals surface area contributed by atoms with Gasteiger partial charge in [-0.15, -0.1) is 11.3 Å². The van der Waals surface area contributed by atoms with Gasteiger partial charge in [0, 0.05) is 25.5 Å². The fourth-order valence-electron chi connectivity index (χ4n) is 3.17. The van der Waals surface area contributed by atoms with Gasteiger partial charge in [-0.2, -0.15) is 0 Å². The maximum atomic E-state index is 13.2. The predicted molar refractivity (Wildman–Crippen MR) is 103 cm³/mol. The number of pyridine rings is 1. The summed E-state index contributed by atoms with van der Waals surface area (Å²) in [6.07, 6.45) is 3.25. The van der Waals surface area contributed by atoms with Crippen molar-refractivity contribution in [1.82, 2.24) is 19.8 Å². The Morgan fingerprint density at radius 1 is 1.37 bits per heavy atom. The molecule has 0 radical (unpaired) electrons. The quantitative estimate of drug-likeness (QED) is 0.767. The summed E-state index contributed by atoms with van der Waals surface area (Å²) in [7, 11) is 3.81. The first kappa shape index (κ1) is 19.2. The number of Topliss-reactive ketones (excluding diaryl/α,β-unsaturated/α-hetero) is 1. The number of thiazole rings is 1. The minimum absolute atomic E-state index is 0.0958. The van der Waals surface area contributed by atoms with Crippen molar-refractivity contribution in [3.8, 4) is 0 Å². The standard InChI is InChI=1S/C19H22N4O3S/c1-11-18(27-12(2)21-11)16(24)14-15(13-6-5-7-20-10-13)23(9-8-22(3)4)19(26)17(14)25/h5-7,10,15,25H,8-9H2,1-4H3/t15-/m1/s1. The van der Waals surface area contributed by atoms with Crippen LogP contribution in [0.15, 0.2) is 35.9 Å². The number of aliphatic hydroxyl groups is 1. The zero-order chi connectivity index (χ0) is 19.7. The number of amides is 1.